The molecule has 0 unspecified atom stereocenters. The fourth-order valence-corrected chi connectivity index (χ4v) is 4.13. The Morgan fingerprint density at radius 3 is 2.54 bits per heavy atom. The van der Waals surface area contributed by atoms with E-state index in [4.69, 9.17) is 9.47 Å². The lowest BCUT2D eigenvalue weighted by molar-refractivity contribution is -0.355. The summed E-state index contributed by atoms with van der Waals surface area (Å²) in [5.74, 6) is 0.362. The lowest BCUT2D eigenvalue weighted by Gasteiger charge is -2.67. The molecule has 0 saturated heterocycles. The van der Waals surface area contributed by atoms with E-state index in [1.54, 1.807) is 17.1 Å². The van der Waals surface area contributed by atoms with E-state index in [0.717, 1.165) is 0 Å². The van der Waals surface area contributed by atoms with Crippen LogP contribution in [-0.2, 0) is 19.8 Å². The Morgan fingerprint density at radius 2 is 1.96 bits per heavy atom. The molecule has 0 spiro atoms. The molecule has 0 radical (unpaired) electrons. The van der Waals surface area contributed by atoms with Gasteiger partial charge in [0.2, 0.25) is 0 Å². The van der Waals surface area contributed by atoms with Crippen LogP contribution in [0.1, 0.15) is 32.1 Å². The van der Waals surface area contributed by atoms with Crippen molar-refractivity contribution < 1.29 is 32.2 Å². The number of hydrogen-bond donors (Lipinski definition) is 0. The maximum absolute atomic E-state index is 12.1. The van der Waals surface area contributed by atoms with Crippen LogP contribution in [0.4, 0.5) is 13.2 Å². The van der Waals surface area contributed by atoms with Gasteiger partial charge in [-0.15, -0.1) is 13.2 Å². The van der Waals surface area contributed by atoms with Gasteiger partial charge in [0.15, 0.2) is 5.75 Å². The Labute approximate surface area is 135 Å². The first-order valence-corrected chi connectivity index (χ1v) is 7.78. The second kappa shape index (κ2) is 4.87. The Hall–Kier alpha value is -1.77. The quantitative estimate of drug-likeness (QED) is 0.766. The zero-order valence-corrected chi connectivity index (χ0v) is 13.0. The van der Waals surface area contributed by atoms with Crippen LogP contribution in [0.3, 0.4) is 0 Å². The minimum absolute atomic E-state index is 0.142. The molecule has 9 heteroatoms. The molecule has 132 valence electrons. The van der Waals surface area contributed by atoms with Gasteiger partial charge in [-0.3, -0.25) is 14.2 Å². The molecule has 6 nitrogen and oxygen atoms in total. The predicted molar refractivity (Wildman–Crippen MR) is 73.1 cm³/mol. The first kappa shape index (κ1) is 15.7. The van der Waals surface area contributed by atoms with Crippen molar-refractivity contribution in [2.24, 2.45) is 5.41 Å². The summed E-state index contributed by atoms with van der Waals surface area (Å²) in [5.41, 5.74) is -0.491. The van der Waals surface area contributed by atoms with Gasteiger partial charge in [-0.2, -0.15) is 5.10 Å². The molecule has 0 atom stereocenters. The van der Waals surface area contributed by atoms with Crippen LogP contribution < -0.4 is 4.74 Å². The van der Waals surface area contributed by atoms with Gasteiger partial charge in [0.05, 0.1) is 36.6 Å². The monoisotopic (exact) mass is 346 g/mol. The van der Waals surface area contributed by atoms with Crippen LogP contribution in [0.2, 0.25) is 0 Å². The third kappa shape index (κ3) is 2.37. The molecule has 0 aromatic carbocycles. The molecular formula is C15H17F3N2O4. The van der Waals surface area contributed by atoms with E-state index in [9.17, 15) is 18.0 Å². The molecule has 5 rings (SSSR count). The minimum atomic E-state index is -4.60. The predicted octanol–water partition coefficient (Wildman–Crippen LogP) is 2.38. The fraction of sp³-hybridized carbons (Fsp3) is 0.733. The number of nitrogens with zero attached hydrogens (tertiary/aromatic N) is 2. The number of esters is 1. The lowest BCUT2D eigenvalue weighted by atomic mass is 9.39. The molecule has 4 fully saturated rings. The average Bonchev–Trinajstić information content (AvgIpc) is 2.80. The second-order valence-electron chi connectivity index (χ2n) is 7.04. The number of hydrogen-bond acceptors (Lipinski definition) is 5. The number of aromatic nitrogens is 2. The van der Waals surface area contributed by atoms with Gasteiger partial charge in [0.25, 0.3) is 0 Å². The second-order valence-corrected chi connectivity index (χ2v) is 7.04. The average molecular weight is 346 g/mol. The zero-order chi connectivity index (χ0) is 17.2. The molecule has 0 N–H and O–H groups in total. The summed E-state index contributed by atoms with van der Waals surface area (Å²) in [5, 5.41) is 4.28. The molecule has 1 aromatic rings. The Balaban J connectivity index is 1.28. The van der Waals surface area contributed by atoms with Crippen molar-refractivity contribution in [2.75, 3.05) is 7.11 Å². The fourth-order valence-electron chi connectivity index (χ4n) is 4.13. The third-order valence-corrected chi connectivity index (χ3v) is 5.32. The van der Waals surface area contributed by atoms with Crippen LogP contribution in [-0.4, -0.2) is 41.4 Å². The standard InChI is InChI=1S/C15H17F3N2O4/c1-22-12(21)13-6-14(7-13,8-13)20-5-11(4-19-20)23-9-2-10(3-9)24-15(16,17)18/h4-5,9-10H,2-3,6-8H2,1H3. The van der Waals surface area contributed by atoms with Crippen molar-refractivity contribution in [1.82, 2.24) is 9.78 Å². The minimum Gasteiger partial charge on any atom is -0.487 e. The highest BCUT2D eigenvalue weighted by Crippen LogP contribution is 2.71. The molecule has 1 heterocycles. The van der Waals surface area contributed by atoms with Gasteiger partial charge in [-0.1, -0.05) is 0 Å². The first-order valence-electron chi connectivity index (χ1n) is 7.78. The molecule has 0 aliphatic heterocycles. The van der Waals surface area contributed by atoms with Gasteiger partial charge < -0.3 is 9.47 Å². The van der Waals surface area contributed by atoms with Crippen molar-refractivity contribution in [2.45, 2.75) is 56.2 Å². The maximum atomic E-state index is 12.1. The summed E-state index contributed by atoms with van der Waals surface area (Å²) in [4.78, 5) is 11.7. The van der Waals surface area contributed by atoms with Crippen LogP contribution in [0.5, 0.6) is 5.75 Å². The number of alkyl halides is 3. The van der Waals surface area contributed by atoms with E-state index in [2.05, 4.69) is 9.84 Å². The molecular weight excluding hydrogens is 329 g/mol. The number of halogens is 3. The van der Waals surface area contributed by atoms with E-state index >= 15 is 0 Å². The van der Waals surface area contributed by atoms with E-state index < -0.39 is 12.5 Å². The Bertz CT molecular complexity index is 646. The van der Waals surface area contributed by atoms with Crippen molar-refractivity contribution in [3.63, 3.8) is 0 Å². The largest absolute Gasteiger partial charge is 0.522 e. The SMILES string of the molecule is COC(=O)C12CC(n3cc(OC4CC(OC(F)(F)F)C4)cn3)(C1)C2. The molecule has 24 heavy (non-hydrogen) atoms. The van der Waals surface area contributed by atoms with Gasteiger partial charge in [-0.25, -0.2) is 0 Å². The van der Waals surface area contributed by atoms with Gasteiger partial charge in [0.1, 0.15) is 6.10 Å². The molecule has 1 aromatic heterocycles. The summed E-state index contributed by atoms with van der Waals surface area (Å²) in [6, 6.07) is 0. The topological polar surface area (TPSA) is 62.6 Å². The highest BCUT2D eigenvalue weighted by molar-refractivity contribution is 5.81. The molecule has 0 amide bonds. The summed E-state index contributed by atoms with van der Waals surface area (Å²) in [6.07, 6.45) is 0.132. The van der Waals surface area contributed by atoms with Crippen molar-refractivity contribution in [1.29, 1.82) is 0 Å². The van der Waals surface area contributed by atoms with Crippen LogP contribution in [0, 0.1) is 5.41 Å². The summed E-state index contributed by atoms with van der Waals surface area (Å²) >= 11 is 0. The molecule has 4 aliphatic rings. The number of carbonyl (C=O) groups is 1. The number of ether oxygens (including phenoxy) is 3. The number of carbonyl (C=O) groups excluding carboxylic acids is 1. The number of methoxy groups -OCH3 is 1. The summed E-state index contributed by atoms with van der Waals surface area (Å²) < 4.78 is 52.4. The van der Waals surface area contributed by atoms with Crippen LogP contribution in [0.15, 0.2) is 12.4 Å². The van der Waals surface area contributed by atoms with Gasteiger partial charge in [0, 0.05) is 12.8 Å². The van der Waals surface area contributed by atoms with Crippen LogP contribution in [0.25, 0.3) is 0 Å². The maximum Gasteiger partial charge on any atom is 0.522 e. The van der Waals surface area contributed by atoms with Crippen molar-refractivity contribution in [3.05, 3.63) is 12.4 Å². The van der Waals surface area contributed by atoms with E-state index in [1.807, 2.05) is 0 Å². The van der Waals surface area contributed by atoms with Crippen molar-refractivity contribution >= 4 is 5.97 Å². The van der Waals surface area contributed by atoms with Crippen LogP contribution >= 0.6 is 0 Å². The van der Waals surface area contributed by atoms with E-state index in [-0.39, 0.29) is 35.9 Å². The third-order valence-electron chi connectivity index (χ3n) is 5.32. The van der Waals surface area contributed by atoms with E-state index in [1.165, 1.54) is 7.11 Å². The number of rotatable bonds is 5. The summed E-state index contributed by atoms with van der Waals surface area (Å²) in [6.45, 7) is 0. The van der Waals surface area contributed by atoms with E-state index in [0.29, 0.717) is 25.0 Å². The van der Waals surface area contributed by atoms with Crippen molar-refractivity contribution in [3.8, 4) is 5.75 Å². The van der Waals surface area contributed by atoms with Gasteiger partial charge in [-0.05, 0) is 19.3 Å². The normalized spacial score (nSPS) is 37.0. The summed E-state index contributed by atoms with van der Waals surface area (Å²) in [7, 11) is 1.39. The van der Waals surface area contributed by atoms with Gasteiger partial charge >= 0.3 is 12.3 Å². The Morgan fingerprint density at radius 1 is 1.29 bits per heavy atom. The molecule has 4 saturated carbocycles. The highest BCUT2D eigenvalue weighted by Gasteiger charge is 2.74. The smallest absolute Gasteiger partial charge is 0.487 e. The lowest BCUT2D eigenvalue weighted by Crippen LogP contribution is -2.71. The molecule has 2 bridgehead atoms. The Kier molecular flexibility index (Phi) is 3.20. The first-order chi connectivity index (χ1) is 11.2. The molecule has 4 aliphatic carbocycles. The zero-order valence-electron chi connectivity index (χ0n) is 13.0. The highest BCUT2D eigenvalue weighted by atomic mass is 19.4.